The molecule has 0 saturated carbocycles. The Morgan fingerprint density at radius 3 is 2.95 bits per heavy atom. The summed E-state index contributed by atoms with van der Waals surface area (Å²) in [5.74, 6) is 0.798. The van der Waals surface area contributed by atoms with Crippen LogP contribution in [0.25, 0.3) is 0 Å². The number of halogens is 1. The van der Waals surface area contributed by atoms with Crippen LogP contribution in [-0.2, 0) is 19.1 Å². The third-order valence-electron chi connectivity index (χ3n) is 2.45. The van der Waals surface area contributed by atoms with Gasteiger partial charge in [0.25, 0.3) is 0 Å². The molecule has 112 valence electrons. The molecule has 19 heavy (non-hydrogen) atoms. The zero-order valence-electron chi connectivity index (χ0n) is 11.0. The Labute approximate surface area is 123 Å². The second-order valence-electron chi connectivity index (χ2n) is 3.91. The van der Waals surface area contributed by atoms with E-state index < -0.39 is 0 Å². The Morgan fingerprint density at radius 1 is 1.53 bits per heavy atom. The number of esters is 1. The van der Waals surface area contributed by atoms with Gasteiger partial charge in [-0.15, -0.1) is 24.2 Å². The molecule has 0 spiro atoms. The Kier molecular flexibility index (Phi) is 11.0. The zero-order chi connectivity index (χ0) is 13.2. The molecule has 0 aromatic carbocycles. The van der Waals surface area contributed by atoms with Crippen molar-refractivity contribution in [1.82, 2.24) is 10.6 Å². The van der Waals surface area contributed by atoms with Gasteiger partial charge in [-0.2, -0.15) is 0 Å². The fourth-order valence-corrected chi connectivity index (χ4v) is 2.20. The van der Waals surface area contributed by atoms with Crippen LogP contribution < -0.4 is 10.6 Å². The Hall–Kier alpha value is -0.500. The molecule has 0 radical (unpaired) electrons. The second kappa shape index (κ2) is 11.3. The molecule has 1 fully saturated rings. The SMILES string of the molecule is COC(=O)CSCCNC(=O)CC1COCCN1.Cl. The summed E-state index contributed by atoms with van der Waals surface area (Å²) in [5.41, 5.74) is 0. The highest BCUT2D eigenvalue weighted by Gasteiger charge is 2.16. The van der Waals surface area contributed by atoms with E-state index in [1.165, 1.54) is 18.9 Å². The number of carbonyl (C=O) groups is 2. The number of ether oxygens (including phenoxy) is 2. The number of carbonyl (C=O) groups excluding carboxylic acids is 2. The highest BCUT2D eigenvalue weighted by Crippen LogP contribution is 2.00. The van der Waals surface area contributed by atoms with E-state index in [4.69, 9.17) is 4.74 Å². The summed E-state index contributed by atoms with van der Waals surface area (Å²) < 4.78 is 9.78. The minimum atomic E-state index is -0.241. The maximum absolute atomic E-state index is 11.6. The van der Waals surface area contributed by atoms with Crippen LogP contribution in [0, 0.1) is 0 Å². The highest BCUT2D eigenvalue weighted by molar-refractivity contribution is 7.99. The van der Waals surface area contributed by atoms with Gasteiger partial charge in [0.05, 0.1) is 26.1 Å². The first-order valence-corrected chi connectivity index (χ1v) is 7.10. The predicted molar refractivity (Wildman–Crippen MR) is 76.8 cm³/mol. The molecule has 1 amide bonds. The number of thioether (sulfide) groups is 1. The van der Waals surface area contributed by atoms with Crippen molar-refractivity contribution >= 4 is 36.0 Å². The van der Waals surface area contributed by atoms with Crippen LogP contribution in [0.15, 0.2) is 0 Å². The topological polar surface area (TPSA) is 76.7 Å². The molecular weight excluding hydrogens is 292 g/mol. The van der Waals surface area contributed by atoms with Crippen LogP contribution in [0.4, 0.5) is 0 Å². The van der Waals surface area contributed by atoms with Gasteiger partial charge in [0.1, 0.15) is 0 Å². The van der Waals surface area contributed by atoms with Crippen molar-refractivity contribution in [3.05, 3.63) is 0 Å². The minimum absolute atomic E-state index is 0. The number of methoxy groups -OCH3 is 1. The average molecular weight is 313 g/mol. The summed E-state index contributed by atoms with van der Waals surface area (Å²) in [6.07, 6.45) is 0.432. The summed E-state index contributed by atoms with van der Waals surface area (Å²) >= 11 is 1.44. The number of rotatable bonds is 7. The molecule has 1 atom stereocenters. The van der Waals surface area contributed by atoms with Crippen LogP contribution in [0.1, 0.15) is 6.42 Å². The van der Waals surface area contributed by atoms with E-state index in [-0.39, 0.29) is 30.3 Å². The molecule has 1 aliphatic rings. The molecule has 1 rings (SSSR count). The van der Waals surface area contributed by atoms with Crippen molar-refractivity contribution in [1.29, 1.82) is 0 Å². The molecular formula is C11H21ClN2O4S. The average Bonchev–Trinajstić information content (AvgIpc) is 2.39. The first-order valence-electron chi connectivity index (χ1n) is 5.94. The summed E-state index contributed by atoms with van der Waals surface area (Å²) in [6, 6.07) is 0.112. The van der Waals surface area contributed by atoms with Gasteiger partial charge < -0.3 is 20.1 Å². The fraction of sp³-hybridized carbons (Fsp3) is 0.818. The van der Waals surface area contributed by atoms with E-state index in [1.54, 1.807) is 0 Å². The summed E-state index contributed by atoms with van der Waals surface area (Å²) in [5, 5.41) is 6.04. The molecule has 1 heterocycles. The zero-order valence-corrected chi connectivity index (χ0v) is 12.6. The second-order valence-corrected chi connectivity index (χ2v) is 5.01. The van der Waals surface area contributed by atoms with Gasteiger partial charge >= 0.3 is 5.97 Å². The van der Waals surface area contributed by atoms with E-state index in [9.17, 15) is 9.59 Å². The van der Waals surface area contributed by atoms with Crippen molar-refractivity contribution in [3.63, 3.8) is 0 Å². The van der Waals surface area contributed by atoms with Crippen LogP contribution in [0.3, 0.4) is 0 Å². The van der Waals surface area contributed by atoms with E-state index >= 15 is 0 Å². The predicted octanol–water partition coefficient (Wildman–Crippen LogP) is -0.191. The maximum atomic E-state index is 11.6. The lowest BCUT2D eigenvalue weighted by Crippen LogP contribution is -2.44. The van der Waals surface area contributed by atoms with Gasteiger partial charge in [0, 0.05) is 31.3 Å². The lowest BCUT2D eigenvalue weighted by atomic mass is 10.2. The van der Waals surface area contributed by atoms with E-state index in [0.717, 1.165) is 6.54 Å². The summed E-state index contributed by atoms with van der Waals surface area (Å²) in [6.45, 7) is 2.66. The molecule has 6 nitrogen and oxygen atoms in total. The van der Waals surface area contributed by atoms with Crippen molar-refractivity contribution < 1.29 is 19.1 Å². The smallest absolute Gasteiger partial charge is 0.315 e. The van der Waals surface area contributed by atoms with Gasteiger partial charge in [-0.05, 0) is 0 Å². The Bertz CT molecular complexity index is 275. The van der Waals surface area contributed by atoms with Crippen molar-refractivity contribution in [2.45, 2.75) is 12.5 Å². The van der Waals surface area contributed by atoms with Gasteiger partial charge in [0.2, 0.25) is 5.91 Å². The maximum Gasteiger partial charge on any atom is 0.315 e. The first-order chi connectivity index (χ1) is 8.72. The molecule has 1 unspecified atom stereocenters. The molecule has 1 aliphatic heterocycles. The van der Waals surface area contributed by atoms with Crippen LogP contribution in [0.2, 0.25) is 0 Å². The Morgan fingerprint density at radius 2 is 2.32 bits per heavy atom. The molecule has 0 aromatic rings. The largest absolute Gasteiger partial charge is 0.468 e. The van der Waals surface area contributed by atoms with E-state index in [1.807, 2.05) is 0 Å². The van der Waals surface area contributed by atoms with Crippen molar-refractivity contribution in [3.8, 4) is 0 Å². The van der Waals surface area contributed by atoms with Crippen LogP contribution in [-0.4, -0.2) is 62.8 Å². The number of nitrogens with one attached hydrogen (secondary N) is 2. The number of morpholine rings is 1. The fourth-order valence-electron chi connectivity index (χ4n) is 1.52. The van der Waals surface area contributed by atoms with Crippen molar-refractivity contribution in [2.75, 3.05) is 44.9 Å². The standard InChI is InChI=1S/C11H20N2O4S.ClH/c1-16-11(15)8-18-5-3-13-10(14)6-9-7-17-4-2-12-9;/h9,12H,2-8H2,1H3,(H,13,14);1H. The Balaban J connectivity index is 0.00000324. The molecule has 0 aromatic heterocycles. The third-order valence-corrected chi connectivity index (χ3v) is 3.38. The quantitative estimate of drug-likeness (QED) is 0.501. The lowest BCUT2D eigenvalue weighted by molar-refractivity contribution is -0.137. The lowest BCUT2D eigenvalue weighted by Gasteiger charge is -2.23. The van der Waals surface area contributed by atoms with E-state index in [0.29, 0.717) is 37.7 Å². The van der Waals surface area contributed by atoms with Gasteiger partial charge in [0.15, 0.2) is 0 Å². The van der Waals surface area contributed by atoms with Crippen LogP contribution in [0.5, 0.6) is 0 Å². The summed E-state index contributed by atoms with van der Waals surface area (Å²) in [7, 11) is 1.36. The number of amides is 1. The molecule has 1 saturated heterocycles. The van der Waals surface area contributed by atoms with Crippen LogP contribution >= 0.6 is 24.2 Å². The van der Waals surface area contributed by atoms with Crippen molar-refractivity contribution in [2.24, 2.45) is 0 Å². The minimum Gasteiger partial charge on any atom is -0.468 e. The first kappa shape index (κ1) is 18.5. The molecule has 0 bridgehead atoms. The highest BCUT2D eigenvalue weighted by atomic mass is 35.5. The van der Waals surface area contributed by atoms with Gasteiger partial charge in [-0.25, -0.2) is 0 Å². The third kappa shape index (κ3) is 9.10. The number of hydrogen-bond donors (Lipinski definition) is 2. The molecule has 2 N–H and O–H groups in total. The monoisotopic (exact) mass is 312 g/mol. The van der Waals surface area contributed by atoms with Gasteiger partial charge in [-0.3, -0.25) is 9.59 Å². The van der Waals surface area contributed by atoms with E-state index in [2.05, 4.69) is 15.4 Å². The normalized spacial score (nSPS) is 18.3. The molecule has 0 aliphatic carbocycles. The number of hydrogen-bond acceptors (Lipinski definition) is 6. The molecule has 8 heteroatoms. The van der Waals surface area contributed by atoms with Gasteiger partial charge in [-0.1, -0.05) is 0 Å². The summed E-state index contributed by atoms with van der Waals surface area (Å²) in [4.78, 5) is 22.4.